The summed E-state index contributed by atoms with van der Waals surface area (Å²) < 4.78 is 2.27. The first kappa shape index (κ1) is 8.23. The normalized spacial score (nSPS) is 26.3. The molecule has 0 aliphatic carbocycles. The van der Waals surface area contributed by atoms with E-state index in [1.165, 1.54) is 13.0 Å². The van der Waals surface area contributed by atoms with E-state index in [1.54, 1.807) is 0 Å². The molecule has 0 aromatic heterocycles. The molecule has 1 aliphatic rings. The van der Waals surface area contributed by atoms with Gasteiger partial charge in [0.05, 0.1) is 0 Å². The molecule has 0 N–H and O–H groups in total. The van der Waals surface area contributed by atoms with Gasteiger partial charge >= 0.3 is 0 Å². The Bertz CT molecular complexity index is 140. The summed E-state index contributed by atoms with van der Waals surface area (Å²) in [6, 6.07) is 0. The van der Waals surface area contributed by atoms with Crippen molar-refractivity contribution in [3.05, 3.63) is 12.2 Å². The van der Waals surface area contributed by atoms with E-state index >= 15 is 0 Å². The Labute approximate surface area is 65.7 Å². The average Bonchev–Trinajstić information content (AvgIpc) is 1.94. The molecule has 1 aliphatic heterocycles. The lowest BCUT2D eigenvalue weighted by Gasteiger charge is -2.19. The maximum atomic E-state index is 2.75. The van der Waals surface area contributed by atoms with E-state index in [0.717, 1.165) is 6.54 Å². The van der Waals surface area contributed by atoms with Crippen LogP contribution in [-0.4, -0.2) is 17.8 Å². The summed E-state index contributed by atoms with van der Waals surface area (Å²) in [6.07, 6.45) is 5.82. The van der Waals surface area contributed by atoms with E-state index in [-0.39, 0.29) is 0 Å². The van der Waals surface area contributed by atoms with Gasteiger partial charge in [0.15, 0.2) is 0 Å². The number of allylic oxidation sites excluding steroid dienone is 1. The third kappa shape index (κ3) is 2.40. The molecule has 0 bridgehead atoms. The second-order valence-corrected chi connectivity index (χ2v) is 4.37. The largest absolute Gasteiger partial charge is 0.284 e. The maximum absolute atomic E-state index is 2.75. The first-order valence-corrected chi connectivity index (χ1v) is 4.29. The van der Waals surface area contributed by atoms with E-state index in [2.05, 4.69) is 40.1 Å². The highest BCUT2D eigenvalue weighted by Crippen LogP contribution is 2.25. The van der Waals surface area contributed by atoms with Crippen LogP contribution in [0.25, 0.3) is 0 Å². The monoisotopic (exact) mass is 157 g/mol. The molecule has 0 aromatic rings. The first-order valence-electron chi connectivity index (χ1n) is 3.77. The number of hydrogen-bond acceptors (Lipinski definition) is 1. The molecule has 0 radical (unpaired) electrons. The van der Waals surface area contributed by atoms with Gasteiger partial charge in [0.1, 0.15) is 0 Å². The van der Waals surface area contributed by atoms with Crippen LogP contribution < -0.4 is 0 Å². The topological polar surface area (TPSA) is 3.24 Å². The lowest BCUT2D eigenvalue weighted by molar-refractivity contribution is 0.391. The SMILES string of the molecule is CC1(C)C=CCN(P)CC1. The molecule has 0 aromatic carbocycles. The molecule has 0 saturated heterocycles. The van der Waals surface area contributed by atoms with Gasteiger partial charge in [0.2, 0.25) is 0 Å². The van der Waals surface area contributed by atoms with Crippen molar-refractivity contribution in [1.29, 1.82) is 0 Å². The summed E-state index contributed by atoms with van der Waals surface area (Å²) in [4.78, 5) is 0. The Morgan fingerprint density at radius 2 is 2.20 bits per heavy atom. The lowest BCUT2D eigenvalue weighted by Crippen LogP contribution is -2.15. The van der Waals surface area contributed by atoms with Gasteiger partial charge in [-0.15, -0.1) is 0 Å². The molecule has 1 atom stereocenters. The minimum absolute atomic E-state index is 0.408. The van der Waals surface area contributed by atoms with Crippen molar-refractivity contribution in [2.75, 3.05) is 13.1 Å². The number of nitrogens with zero attached hydrogens (tertiary/aromatic N) is 1. The molecular formula is C8H16NP. The van der Waals surface area contributed by atoms with Gasteiger partial charge in [-0.1, -0.05) is 35.4 Å². The van der Waals surface area contributed by atoms with Crippen LogP contribution in [0.4, 0.5) is 0 Å². The minimum atomic E-state index is 0.408. The van der Waals surface area contributed by atoms with Crippen molar-refractivity contribution in [3.8, 4) is 0 Å². The highest BCUT2D eigenvalue weighted by Gasteiger charge is 2.16. The Balaban J connectivity index is 2.55. The predicted octanol–water partition coefficient (Wildman–Crippen LogP) is 2.06. The maximum Gasteiger partial charge on any atom is 0.0197 e. The molecule has 10 heavy (non-hydrogen) atoms. The quantitative estimate of drug-likeness (QED) is 0.384. The molecular weight excluding hydrogens is 141 g/mol. The minimum Gasteiger partial charge on any atom is -0.284 e. The van der Waals surface area contributed by atoms with Gasteiger partial charge in [-0.2, -0.15) is 0 Å². The molecule has 0 spiro atoms. The summed E-state index contributed by atoms with van der Waals surface area (Å²) in [5.74, 6) is 0. The highest BCUT2D eigenvalue weighted by atomic mass is 31.0. The van der Waals surface area contributed by atoms with Gasteiger partial charge in [-0.3, -0.25) is 4.67 Å². The fraction of sp³-hybridized carbons (Fsp3) is 0.750. The Kier molecular flexibility index (Phi) is 2.49. The Morgan fingerprint density at radius 1 is 1.50 bits per heavy atom. The molecule has 2 heteroatoms. The third-order valence-corrected chi connectivity index (χ3v) is 2.42. The van der Waals surface area contributed by atoms with Crippen LogP contribution in [0.2, 0.25) is 0 Å². The molecule has 58 valence electrons. The second-order valence-electron chi connectivity index (χ2n) is 3.64. The van der Waals surface area contributed by atoms with Crippen molar-refractivity contribution in [3.63, 3.8) is 0 Å². The van der Waals surface area contributed by atoms with E-state index in [4.69, 9.17) is 0 Å². The van der Waals surface area contributed by atoms with Crippen molar-refractivity contribution in [1.82, 2.24) is 4.67 Å². The van der Waals surface area contributed by atoms with Crippen LogP contribution >= 0.6 is 9.39 Å². The Hall–Kier alpha value is 0.130. The van der Waals surface area contributed by atoms with Crippen LogP contribution in [-0.2, 0) is 0 Å². The zero-order valence-electron chi connectivity index (χ0n) is 6.80. The number of rotatable bonds is 0. The van der Waals surface area contributed by atoms with Crippen molar-refractivity contribution in [2.24, 2.45) is 5.41 Å². The van der Waals surface area contributed by atoms with Gasteiger partial charge in [-0.25, -0.2) is 0 Å². The molecule has 0 fully saturated rings. The fourth-order valence-electron chi connectivity index (χ4n) is 1.11. The zero-order valence-corrected chi connectivity index (χ0v) is 7.96. The van der Waals surface area contributed by atoms with Crippen molar-refractivity contribution < 1.29 is 0 Å². The zero-order chi connectivity index (χ0) is 7.61. The lowest BCUT2D eigenvalue weighted by atomic mass is 9.90. The second kappa shape index (κ2) is 3.02. The van der Waals surface area contributed by atoms with Gasteiger partial charge in [-0.05, 0) is 11.8 Å². The molecule has 1 rings (SSSR count). The summed E-state index contributed by atoms with van der Waals surface area (Å²) in [5.41, 5.74) is 0.408. The summed E-state index contributed by atoms with van der Waals surface area (Å²) in [5, 5.41) is 0. The van der Waals surface area contributed by atoms with E-state index in [9.17, 15) is 0 Å². The van der Waals surface area contributed by atoms with Crippen molar-refractivity contribution >= 4 is 9.39 Å². The fourth-order valence-corrected chi connectivity index (χ4v) is 1.36. The molecule has 1 heterocycles. The van der Waals surface area contributed by atoms with Gasteiger partial charge in [0.25, 0.3) is 0 Å². The Morgan fingerprint density at radius 3 is 2.90 bits per heavy atom. The summed E-state index contributed by atoms with van der Waals surface area (Å²) in [6.45, 7) is 6.83. The molecule has 1 unspecified atom stereocenters. The number of hydrogen-bond donors (Lipinski definition) is 0. The predicted molar refractivity (Wildman–Crippen MR) is 48.8 cm³/mol. The van der Waals surface area contributed by atoms with Gasteiger partial charge in [0, 0.05) is 13.1 Å². The van der Waals surface area contributed by atoms with Crippen LogP contribution in [0.1, 0.15) is 20.3 Å². The standard InChI is InChI=1S/C8H16NP/c1-8(2)4-3-6-9(10)7-5-8/h3-4H,5-7,10H2,1-2H3. The van der Waals surface area contributed by atoms with E-state index < -0.39 is 0 Å². The summed E-state index contributed by atoms with van der Waals surface area (Å²) >= 11 is 0. The highest BCUT2D eigenvalue weighted by molar-refractivity contribution is 7.13. The third-order valence-electron chi connectivity index (χ3n) is 1.95. The van der Waals surface area contributed by atoms with Gasteiger partial charge < -0.3 is 0 Å². The molecule has 0 amide bonds. The average molecular weight is 157 g/mol. The van der Waals surface area contributed by atoms with Crippen molar-refractivity contribution in [2.45, 2.75) is 20.3 Å². The van der Waals surface area contributed by atoms with E-state index in [1.807, 2.05) is 0 Å². The van der Waals surface area contributed by atoms with Crippen LogP contribution in [0, 0.1) is 5.41 Å². The van der Waals surface area contributed by atoms with Crippen LogP contribution in [0.5, 0.6) is 0 Å². The smallest absolute Gasteiger partial charge is 0.0197 e. The summed E-state index contributed by atoms with van der Waals surface area (Å²) in [7, 11) is 2.75. The van der Waals surface area contributed by atoms with Crippen LogP contribution in [0.3, 0.4) is 0 Å². The van der Waals surface area contributed by atoms with Crippen LogP contribution in [0.15, 0.2) is 12.2 Å². The first-order chi connectivity index (χ1) is 4.60. The molecule has 0 saturated carbocycles. The molecule has 1 nitrogen and oxygen atoms in total. The van der Waals surface area contributed by atoms with E-state index in [0.29, 0.717) is 5.41 Å².